The van der Waals surface area contributed by atoms with Gasteiger partial charge in [-0.05, 0) is 32.2 Å². The largest absolute Gasteiger partial charge is 0.290 e. The molecule has 1 saturated heterocycles. The zero-order valence-electron chi connectivity index (χ0n) is 12.2. The van der Waals surface area contributed by atoms with Gasteiger partial charge in [0.2, 0.25) is 0 Å². The first-order valence-electron chi connectivity index (χ1n) is 7.42. The van der Waals surface area contributed by atoms with Gasteiger partial charge in [-0.3, -0.25) is 9.58 Å². The van der Waals surface area contributed by atoms with Crippen LogP contribution in [-0.2, 0) is 20.0 Å². The third kappa shape index (κ3) is 2.94. The molecule has 0 spiro atoms. The van der Waals surface area contributed by atoms with Crippen LogP contribution in [0.1, 0.15) is 48.5 Å². The minimum Gasteiger partial charge on any atom is -0.290 e. The fourth-order valence-corrected chi connectivity index (χ4v) is 3.85. The van der Waals surface area contributed by atoms with Crippen LogP contribution in [0.15, 0.2) is 17.8 Å². The van der Waals surface area contributed by atoms with E-state index in [0.29, 0.717) is 6.04 Å². The molecule has 0 aromatic carbocycles. The monoisotopic (exact) mass is 290 g/mol. The Morgan fingerprint density at radius 2 is 2.35 bits per heavy atom. The second-order valence-electron chi connectivity index (χ2n) is 5.56. The predicted molar refractivity (Wildman–Crippen MR) is 81.7 cm³/mol. The Bertz CT molecular complexity index is 560. The van der Waals surface area contributed by atoms with E-state index in [0.717, 1.165) is 13.0 Å². The smallest absolute Gasteiger partial charge is 0.0928 e. The summed E-state index contributed by atoms with van der Waals surface area (Å²) in [5.41, 5.74) is 2.57. The third-order valence-electron chi connectivity index (χ3n) is 3.90. The van der Waals surface area contributed by atoms with Crippen molar-refractivity contribution in [1.82, 2.24) is 19.7 Å². The number of rotatable bonds is 5. The van der Waals surface area contributed by atoms with E-state index in [1.54, 1.807) is 11.3 Å². The number of likely N-dealkylation sites (tertiary alicyclic amines) is 1. The molecule has 1 aliphatic rings. The van der Waals surface area contributed by atoms with Gasteiger partial charge in [-0.15, -0.1) is 11.3 Å². The Kier molecular flexibility index (Phi) is 4.17. The van der Waals surface area contributed by atoms with E-state index in [-0.39, 0.29) is 0 Å². The third-order valence-corrected chi connectivity index (χ3v) is 4.86. The second-order valence-corrected chi connectivity index (χ2v) is 6.50. The fraction of sp³-hybridized carbons (Fsp3) is 0.600. The minimum atomic E-state index is 0.514. The highest BCUT2D eigenvalue weighted by molar-refractivity contribution is 7.09. The molecule has 108 valence electrons. The predicted octanol–water partition coefficient (Wildman–Crippen LogP) is 3.17. The lowest BCUT2D eigenvalue weighted by Crippen LogP contribution is -2.22. The summed E-state index contributed by atoms with van der Waals surface area (Å²) in [4.78, 5) is 7.30. The topological polar surface area (TPSA) is 34.0 Å². The zero-order valence-corrected chi connectivity index (χ0v) is 13.1. The summed E-state index contributed by atoms with van der Waals surface area (Å²) >= 11 is 1.80. The molecular weight excluding hydrogens is 268 g/mol. The summed E-state index contributed by atoms with van der Waals surface area (Å²) in [6.45, 7) is 4.35. The maximum atomic E-state index is 4.75. The van der Waals surface area contributed by atoms with Crippen molar-refractivity contribution in [2.24, 2.45) is 7.05 Å². The van der Waals surface area contributed by atoms with Gasteiger partial charge in [0.05, 0.1) is 16.9 Å². The molecule has 1 fully saturated rings. The summed E-state index contributed by atoms with van der Waals surface area (Å²) in [5.74, 6) is 0. The van der Waals surface area contributed by atoms with Crippen LogP contribution >= 0.6 is 11.3 Å². The van der Waals surface area contributed by atoms with E-state index in [9.17, 15) is 0 Å². The number of nitrogens with zero attached hydrogens (tertiary/aromatic N) is 4. The van der Waals surface area contributed by atoms with Crippen molar-refractivity contribution in [1.29, 1.82) is 0 Å². The lowest BCUT2D eigenvalue weighted by atomic mass is 10.1. The molecule has 20 heavy (non-hydrogen) atoms. The van der Waals surface area contributed by atoms with Crippen LogP contribution in [-0.4, -0.2) is 26.2 Å². The number of aromatic nitrogens is 3. The van der Waals surface area contributed by atoms with Gasteiger partial charge in [-0.2, -0.15) is 5.10 Å². The Morgan fingerprint density at radius 3 is 3.10 bits per heavy atom. The van der Waals surface area contributed by atoms with Gasteiger partial charge in [-0.25, -0.2) is 4.98 Å². The number of aryl methyl sites for hydroxylation is 2. The molecule has 0 saturated carbocycles. The molecule has 0 unspecified atom stereocenters. The summed E-state index contributed by atoms with van der Waals surface area (Å²) in [6, 6.07) is 0.514. The number of hydrogen-bond donors (Lipinski definition) is 0. The molecule has 5 heteroatoms. The van der Waals surface area contributed by atoms with E-state index < -0.39 is 0 Å². The van der Waals surface area contributed by atoms with Crippen LogP contribution < -0.4 is 0 Å². The Balaban J connectivity index is 1.69. The van der Waals surface area contributed by atoms with Gasteiger partial charge in [0.1, 0.15) is 0 Å². The van der Waals surface area contributed by atoms with E-state index in [4.69, 9.17) is 4.98 Å². The Hall–Kier alpha value is -1.20. The minimum absolute atomic E-state index is 0.514. The van der Waals surface area contributed by atoms with Gasteiger partial charge in [0.25, 0.3) is 0 Å². The highest BCUT2D eigenvalue weighted by atomic mass is 32.1. The molecule has 0 radical (unpaired) electrons. The average molecular weight is 290 g/mol. The molecule has 0 amide bonds. The summed E-state index contributed by atoms with van der Waals surface area (Å²) < 4.78 is 1.90. The van der Waals surface area contributed by atoms with E-state index >= 15 is 0 Å². The lowest BCUT2D eigenvalue weighted by molar-refractivity contribution is 0.246. The second kappa shape index (κ2) is 6.06. The van der Waals surface area contributed by atoms with Crippen molar-refractivity contribution in [2.75, 3.05) is 6.54 Å². The van der Waals surface area contributed by atoms with Crippen molar-refractivity contribution in [3.05, 3.63) is 34.0 Å². The van der Waals surface area contributed by atoms with Crippen molar-refractivity contribution < 1.29 is 0 Å². The molecule has 0 N–H and O–H groups in total. The van der Waals surface area contributed by atoms with Crippen LogP contribution in [0.3, 0.4) is 0 Å². The first-order chi connectivity index (χ1) is 9.76. The first-order valence-corrected chi connectivity index (χ1v) is 8.30. The first kappa shape index (κ1) is 13.8. The van der Waals surface area contributed by atoms with Crippen molar-refractivity contribution in [2.45, 2.75) is 45.2 Å². The van der Waals surface area contributed by atoms with E-state index in [1.807, 2.05) is 17.9 Å². The fourth-order valence-electron chi connectivity index (χ4n) is 2.96. The van der Waals surface area contributed by atoms with E-state index in [2.05, 4.69) is 28.5 Å². The average Bonchev–Trinajstić information content (AvgIpc) is 3.12. The number of thiazole rings is 1. The van der Waals surface area contributed by atoms with Gasteiger partial charge in [0, 0.05) is 36.8 Å². The van der Waals surface area contributed by atoms with Gasteiger partial charge >= 0.3 is 0 Å². The van der Waals surface area contributed by atoms with Gasteiger partial charge in [0.15, 0.2) is 0 Å². The highest BCUT2D eigenvalue weighted by Gasteiger charge is 2.27. The molecule has 1 atom stereocenters. The van der Waals surface area contributed by atoms with Crippen LogP contribution in [0.25, 0.3) is 0 Å². The molecule has 3 heterocycles. The SMILES string of the molecule is CCCc1nc(CN2CCC[C@H]2c2cnn(C)c2)cs1. The quantitative estimate of drug-likeness (QED) is 0.848. The Labute approximate surface area is 124 Å². The zero-order chi connectivity index (χ0) is 13.9. The highest BCUT2D eigenvalue weighted by Crippen LogP contribution is 2.32. The molecular formula is C15H22N4S. The summed E-state index contributed by atoms with van der Waals surface area (Å²) in [7, 11) is 1.99. The maximum absolute atomic E-state index is 4.75. The maximum Gasteiger partial charge on any atom is 0.0928 e. The molecule has 2 aromatic rings. The standard InChI is InChI=1S/C15H22N4S/c1-3-5-15-17-13(11-20-15)10-19-7-4-6-14(19)12-8-16-18(2)9-12/h8-9,11,14H,3-7,10H2,1-2H3/t14-/m0/s1. The van der Waals surface area contributed by atoms with Crippen molar-refractivity contribution in [3.8, 4) is 0 Å². The molecule has 0 bridgehead atoms. The summed E-state index contributed by atoms with van der Waals surface area (Å²) in [6.07, 6.45) is 8.94. The lowest BCUT2D eigenvalue weighted by Gasteiger charge is -2.22. The molecule has 3 rings (SSSR count). The van der Waals surface area contributed by atoms with Crippen LogP contribution in [0.4, 0.5) is 0 Å². The van der Waals surface area contributed by atoms with Crippen molar-refractivity contribution in [3.63, 3.8) is 0 Å². The van der Waals surface area contributed by atoms with Gasteiger partial charge < -0.3 is 0 Å². The molecule has 2 aromatic heterocycles. The Morgan fingerprint density at radius 1 is 1.45 bits per heavy atom. The number of hydrogen-bond acceptors (Lipinski definition) is 4. The van der Waals surface area contributed by atoms with Crippen LogP contribution in [0.2, 0.25) is 0 Å². The molecule has 1 aliphatic heterocycles. The molecule has 0 aliphatic carbocycles. The van der Waals surface area contributed by atoms with Crippen LogP contribution in [0.5, 0.6) is 0 Å². The summed E-state index contributed by atoms with van der Waals surface area (Å²) in [5, 5.41) is 7.81. The van der Waals surface area contributed by atoms with Gasteiger partial charge in [-0.1, -0.05) is 6.92 Å². The van der Waals surface area contributed by atoms with Crippen LogP contribution in [0, 0.1) is 0 Å². The van der Waals surface area contributed by atoms with E-state index in [1.165, 1.54) is 42.1 Å². The normalized spacial score (nSPS) is 19.8. The van der Waals surface area contributed by atoms with Crippen molar-refractivity contribution >= 4 is 11.3 Å². The molecule has 4 nitrogen and oxygen atoms in total.